The fourth-order valence-corrected chi connectivity index (χ4v) is 2.12. The molecule has 0 atom stereocenters. The van der Waals surface area contributed by atoms with E-state index in [4.69, 9.17) is 0 Å². The van der Waals surface area contributed by atoms with Crippen LogP contribution in [0.4, 0.5) is 5.95 Å². The molecule has 0 aliphatic rings. The van der Waals surface area contributed by atoms with Crippen LogP contribution in [0.25, 0.3) is 11.2 Å². The quantitative estimate of drug-likeness (QED) is 0.827. The monoisotopic (exact) mass is 275 g/mol. The van der Waals surface area contributed by atoms with E-state index >= 15 is 0 Å². The lowest BCUT2D eigenvalue weighted by Gasteiger charge is -2.14. The second kappa shape index (κ2) is 4.99. The van der Waals surface area contributed by atoms with Crippen LogP contribution in [-0.4, -0.2) is 31.3 Å². The number of hydrogen-bond acceptors (Lipinski definition) is 5. The zero-order valence-electron chi connectivity index (χ0n) is 12.2. The number of aryl methyl sites for hydroxylation is 1. The third-order valence-corrected chi connectivity index (χ3v) is 2.98. The van der Waals surface area contributed by atoms with Gasteiger partial charge in [-0.1, -0.05) is 13.8 Å². The third kappa shape index (κ3) is 2.26. The summed E-state index contributed by atoms with van der Waals surface area (Å²) in [5, 5.41) is 0. The molecule has 7 heteroatoms. The number of rotatable bonds is 2. The summed E-state index contributed by atoms with van der Waals surface area (Å²) in [4.78, 5) is 36.8. The molecular weight excluding hydrogens is 258 g/mol. The number of aromatic nitrogens is 4. The molecule has 0 unspecified atom stereocenters. The predicted octanol–water partition coefficient (Wildman–Crippen LogP) is 1.39. The van der Waals surface area contributed by atoms with Crippen LogP contribution in [0.1, 0.15) is 39.4 Å². The lowest BCUT2D eigenvalue weighted by Crippen LogP contribution is -2.34. The maximum atomic E-state index is 11.5. The van der Waals surface area contributed by atoms with Crippen molar-refractivity contribution >= 4 is 28.9 Å². The summed E-state index contributed by atoms with van der Waals surface area (Å²) >= 11 is 0. The Kier molecular flexibility index (Phi) is 3.52. The number of imide groups is 1. The maximum Gasteiger partial charge on any atom is 0.241 e. The van der Waals surface area contributed by atoms with Crippen LogP contribution in [0.5, 0.6) is 0 Å². The Hall–Kier alpha value is -2.31. The second-order valence-corrected chi connectivity index (χ2v) is 4.94. The molecule has 0 spiro atoms. The average Bonchev–Trinajstić information content (AvgIpc) is 2.66. The summed E-state index contributed by atoms with van der Waals surface area (Å²) in [6.07, 6.45) is 1.53. The van der Waals surface area contributed by atoms with Crippen molar-refractivity contribution in [3.63, 3.8) is 0 Å². The van der Waals surface area contributed by atoms with Gasteiger partial charge in [0.15, 0.2) is 5.65 Å². The molecule has 20 heavy (non-hydrogen) atoms. The van der Waals surface area contributed by atoms with Gasteiger partial charge >= 0.3 is 0 Å². The lowest BCUT2D eigenvalue weighted by molar-refractivity contribution is -0.124. The van der Waals surface area contributed by atoms with Crippen molar-refractivity contribution in [2.75, 3.05) is 4.90 Å². The molecule has 106 valence electrons. The first-order valence-electron chi connectivity index (χ1n) is 6.33. The first-order chi connectivity index (χ1) is 9.32. The van der Waals surface area contributed by atoms with Crippen LogP contribution in [-0.2, 0) is 16.6 Å². The molecule has 0 bridgehead atoms. The van der Waals surface area contributed by atoms with E-state index in [-0.39, 0.29) is 11.9 Å². The summed E-state index contributed by atoms with van der Waals surface area (Å²) in [7, 11) is 1.85. The number of imidazole rings is 1. The summed E-state index contributed by atoms with van der Waals surface area (Å²) < 4.78 is 1.85. The van der Waals surface area contributed by atoms with Gasteiger partial charge in [-0.05, 0) is 0 Å². The average molecular weight is 275 g/mol. The van der Waals surface area contributed by atoms with Crippen LogP contribution in [0.2, 0.25) is 0 Å². The molecule has 0 radical (unpaired) electrons. The van der Waals surface area contributed by atoms with E-state index in [2.05, 4.69) is 15.0 Å². The molecule has 2 aromatic heterocycles. The molecule has 0 N–H and O–H groups in total. The van der Waals surface area contributed by atoms with E-state index in [1.165, 1.54) is 20.0 Å². The van der Waals surface area contributed by atoms with Crippen molar-refractivity contribution in [2.24, 2.45) is 7.05 Å². The SMILES string of the molecule is CC(=O)N(C(C)=O)c1ncc2nc(C(C)C)n(C)c2n1. The summed E-state index contributed by atoms with van der Waals surface area (Å²) in [5.74, 6) is 0.375. The zero-order chi connectivity index (χ0) is 15.0. The minimum atomic E-state index is -0.414. The number of fused-ring (bicyclic) bond motifs is 1. The number of amides is 2. The zero-order valence-corrected chi connectivity index (χ0v) is 12.2. The first-order valence-corrected chi connectivity index (χ1v) is 6.33. The minimum absolute atomic E-state index is 0.0795. The van der Waals surface area contributed by atoms with Crippen molar-refractivity contribution in [2.45, 2.75) is 33.6 Å². The molecule has 0 aliphatic carbocycles. The van der Waals surface area contributed by atoms with Gasteiger partial charge in [-0.15, -0.1) is 0 Å². The topological polar surface area (TPSA) is 81.0 Å². The van der Waals surface area contributed by atoms with Gasteiger partial charge in [0.05, 0.1) is 6.20 Å². The highest BCUT2D eigenvalue weighted by Gasteiger charge is 2.21. The molecule has 2 aromatic rings. The van der Waals surface area contributed by atoms with Gasteiger partial charge in [0.2, 0.25) is 17.8 Å². The highest BCUT2D eigenvalue weighted by atomic mass is 16.2. The van der Waals surface area contributed by atoms with Gasteiger partial charge in [-0.2, -0.15) is 4.98 Å². The Morgan fingerprint density at radius 3 is 2.30 bits per heavy atom. The second-order valence-electron chi connectivity index (χ2n) is 4.94. The molecule has 0 aliphatic heterocycles. The van der Waals surface area contributed by atoms with Gasteiger partial charge in [-0.25, -0.2) is 14.9 Å². The van der Waals surface area contributed by atoms with Gasteiger partial charge in [0, 0.05) is 26.8 Å². The Balaban J connectivity index is 2.61. The fraction of sp³-hybridized carbons (Fsp3) is 0.462. The van der Waals surface area contributed by atoms with Crippen molar-refractivity contribution in [3.8, 4) is 0 Å². The number of carbonyl (C=O) groups excluding carboxylic acids is 2. The first kappa shape index (κ1) is 14.1. The van der Waals surface area contributed by atoms with Crippen LogP contribution < -0.4 is 4.90 Å². The smallest absolute Gasteiger partial charge is 0.241 e. The van der Waals surface area contributed by atoms with E-state index in [0.717, 1.165) is 10.7 Å². The minimum Gasteiger partial charge on any atom is -0.315 e. The van der Waals surface area contributed by atoms with E-state index in [0.29, 0.717) is 11.2 Å². The maximum absolute atomic E-state index is 11.5. The number of anilines is 1. The van der Waals surface area contributed by atoms with Crippen LogP contribution in [0.15, 0.2) is 6.20 Å². The highest BCUT2D eigenvalue weighted by molar-refractivity contribution is 6.12. The van der Waals surface area contributed by atoms with E-state index in [1.54, 1.807) is 0 Å². The molecule has 2 heterocycles. The Bertz CT molecular complexity index is 675. The Morgan fingerprint density at radius 1 is 1.20 bits per heavy atom. The molecule has 7 nitrogen and oxygen atoms in total. The molecule has 0 saturated heterocycles. The van der Waals surface area contributed by atoms with E-state index in [9.17, 15) is 9.59 Å². The van der Waals surface area contributed by atoms with Crippen LogP contribution >= 0.6 is 0 Å². The highest BCUT2D eigenvalue weighted by Crippen LogP contribution is 2.20. The molecule has 0 aromatic carbocycles. The van der Waals surface area contributed by atoms with Crippen molar-refractivity contribution in [3.05, 3.63) is 12.0 Å². The molecule has 2 rings (SSSR count). The van der Waals surface area contributed by atoms with E-state index < -0.39 is 11.8 Å². The van der Waals surface area contributed by atoms with Crippen molar-refractivity contribution < 1.29 is 9.59 Å². The standard InChI is InChI=1S/C13H17N5O2/c1-7(2)11-15-10-6-14-13(16-12(10)17(11)5)18(8(3)19)9(4)20/h6-7H,1-5H3. The summed E-state index contributed by atoms with van der Waals surface area (Å²) in [6.45, 7) is 6.68. The van der Waals surface area contributed by atoms with Gasteiger partial charge < -0.3 is 4.57 Å². The van der Waals surface area contributed by atoms with E-state index in [1.807, 2.05) is 25.5 Å². The van der Waals surface area contributed by atoms with Crippen LogP contribution in [0, 0.1) is 0 Å². The van der Waals surface area contributed by atoms with Gasteiger partial charge in [0.25, 0.3) is 0 Å². The van der Waals surface area contributed by atoms with Gasteiger partial charge in [0.1, 0.15) is 11.3 Å². The predicted molar refractivity (Wildman–Crippen MR) is 74.2 cm³/mol. The molecule has 2 amide bonds. The molecule has 0 saturated carbocycles. The lowest BCUT2D eigenvalue weighted by atomic mass is 10.2. The van der Waals surface area contributed by atoms with Crippen molar-refractivity contribution in [1.29, 1.82) is 0 Å². The Labute approximate surface area is 116 Å². The number of hydrogen-bond donors (Lipinski definition) is 0. The Morgan fingerprint density at radius 2 is 1.80 bits per heavy atom. The summed E-state index contributed by atoms with van der Waals surface area (Å²) in [6, 6.07) is 0. The normalized spacial score (nSPS) is 11.1. The molecule has 0 fully saturated rings. The molecular formula is C13H17N5O2. The summed E-state index contributed by atoms with van der Waals surface area (Å²) in [5.41, 5.74) is 1.25. The number of nitrogens with zero attached hydrogens (tertiary/aromatic N) is 5. The fourth-order valence-electron chi connectivity index (χ4n) is 2.12. The van der Waals surface area contributed by atoms with Crippen molar-refractivity contribution in [1.82, 2.24) is 19.5 Å². The third-order valence-electron chi connectivity index (χ3n) is 2.98. The van der Waals surface area contributed by atoms with Crippen LogP contribution in [0.3, 0.4) is 0 Å². The largest absolute Gasteiger partial charge is 0.315 e. The number of carbonyl (C=O) groups is 2. The van der Waals surface area contributed by atoms with Gasteiger partial charge in [-0.3, -0.25) is 9.59 Å².